The van der Waals surface area contributed by atoms with Gasteiger partial charge in [-0.3, -0.25) is 14.9 Å². The maximum Gasteiger partial charge on any atom is 0.347 e. The summed E-state index contributed by atoms with van der Waals surface area (Å²) in [5, 5.41) is 10.8. The van der Waals surface area contributed by atoms with E-state index in [9.17, 15) is 14.9 Å². The maximum atomic E-state index is 11.5. The Kier molecular flexibility index (Phi) is 2.53. The van der Waals surface area contributed by atoms with Gasteiger partial charge in [-0.15, -0.1) is 0 Å². The van der Waals surface area contributed by atoms with Crippen molar-refractivity contribution in [3.63, 3.8) is 0 Å². The van der Waals surface area contributed by atoms with E-state index < -0.39 is 21.6 Å². The van der Waals surface area contributed by atoms with Crippen LogP contribution in [0, 0.1) is 10.1 Å². The molecule has 0 aliphatic carbocycles. The Labute approximate surface area is 86.4 Å². The lowest BCUT2D eigenvalue weighted by Crippen LogP contribution is -2.31. The van der Waals surface area contributed by atoms with Crippen LogP contribution in [0.25, 0.3) is 0 Å². The van der Waals surface area contributed by atoms with Crippen LogP contribution < -0.4 is 11.4 Å². The topological polar surface area (TPSA) is 91.2 Å². The molecule has 0 atom stereocenters. The first-order valence-corrected chi connectivity index (χ1v) is 4.40. The highest BCUT2D eigenvalue weighted by molar-refractivity contribution is 5.42. The molecule has 1 rings (SSSR count). The Balaban J connectivity index is 3.63. The highest BCUT2D eigenvalue weighted by atomic mass is 16.6. The van der Waals surface area contributed by atoms with E-state index in [1.807, 2.05) is 0 Å². The van der Waals surface area contributed by atoms with Gasteiger partial charge in [-0.1, -0.05) is 20.8 Å². The molecule has 0 radical (unpaired) electrons. The maximum absolute atomic E-state index is 11.5. The zero-order valence-electron chi connectivity index (χ0n) is 8.85. The minimum absolute atomic E-state index is 0.388. The molecule has 2 N–H and O–H groups in total. The molecular formula is C9H13N3O3. The van der Waals surface area contributed by atoms with E-state index in [-0.39, 0.29) is 0 Å². The van der Waals surface area contributed by atoms with E-state index in [4.69, 9.17) is 5.84 Å². The van der Waals surface area contributed by atoms with Crippen molar-refractivity contribution in [2.24, 2.45) is 0 Å². The van der Waals surface area contributed by atoms with Gasteiger partial charge < -0.3 is 5.84 Å². The van der Waals surface area contributed by atoms with Gasteiger partial charge in [-0.05, 0) is 11.5 Å². The van der Waals surface area contributed by atoms with Crippen LogP contribution in [0.5, 0.6) is 0 Å². The molecule has 15 heavy (non-hydrogen) atoms. The first kappa shape index (κ1) is 11.2. The lowest BCUT2D eigenvalue weighted by molar-refractivity contribution is -0.387. The molecule has 0 spiro atoms. The van der Waals surface area contributed by atoms with Crippen LogP contribution >= 0.6 is 0 Å². The van der Waals surface area contributed by atoms with Crippen molar-refractivity contribution in [1.29, 1.82) is 0 Å². The van der Waals surface area contributed by atoms with E-state index in [0.717, 1.165) is 0 Å². The van der Waals surface area contributed by atoms with Gasteiger partial charge in [0.2, 0.25) is 0 Å². The molecule has 6 nitrogen and oxygen atoms in total. The summed E-state index contributed by atoms with van der Waals surface area (Å²) in [5.74, 6) is 5.27. The van der Waals surface area contributed by atoms with Crippen LogP contribution in [-0.4, -0.2) is 9.60 Å². The van der Waals surface area contributed by atoms with Crippen LogP contribution in [-0.2, 0) is 5.41 Å². The molecule has 0 aliphatic heterocycles. The zero-order chi connectivity index (χ0) is 11.8. The molecule has 0 fully saturated rings. The molecule has 82 valence electrons. The number of pyridine rings is 1. The van der Waals surface area contributed by atoms with E-state index in [1.165, 1.54) is 12.3 Å². The number of nitrogen functional groups attached to an aromatic ring is 1. The largest absolute Gasteiger partial charge is 0.347 e. The van der Waals surface area contributed by atoms with Crippen LogP contribution in [0.15, 0.2) is 17.1 Å². The lowest BCUT2D eigenvalue weighted by atomic mass is 9.86. The fourth-order valence-electron chi connectivity index (χ4n) is 1.32. The van der Waals surface area contributed by atoms with Crippen molar-refractivity contribution in [2.75, 3.05) is 5.84 Å². The number of rotatable bonds is 1. The second kappa shape index (κ2) is 3.38. The summed E-state index contributed by atoms with van der Waals surface area (Å²) in [6.45, 7) is 5.40. The molecule has 6 heteroatoms. The van der Waals surface area contributed by atoms with E-state index >= 15 is 0 Å². The lowest BCUT2D eigenvalue weighted by Gasteiger charge is -2.18. The number of nitrogens with zero attached hydrogens (tertiary/aromatic N) is 2. The SMILES string of the molecule is CC(C)(C)c1ccn(N)c(=O)c1[N+](=O)[O-]. The zero-order valence-corrected chi connectivity index (χ0v) is 8.85. The Morgan fingerprint density at radius 3 is 2.40 bits per heavy atom. The second-order valence-electron chi connectivity index (χ2n) is 4.30. The van der Waals surface area contributed by atoms with Crippen LogP contribution in [0.1, 0.15) is 26.3 Å². The summed E-state index contributed by atoms with van der Waals surface area (Å²) in [6.07, 6.45) is 1.33. The second-order valence-corrected chi connectivity index (χ2v) is 4.30. The Morgan fingerprint density at radius 2 is 2.00 bits per heavy atom. The minimum atomic E-state index is -0.785. The molecule has 1 heterocycles. The van der Waals surface area contributed by atoms with Crippen molar-refractivity contribution >= 4 is 5.69 Å². The highest BCUT2D eigenvalue weighted by Crippen LogP contribution is 2.27. The standard InChI is InChI=1S/C9H13N3O3/c1-9(2,3)6-4-5-11(10)8(13)7(6)12(14)15/h4-5H,10H2,1-3H3. The monoisotopic (exact) mass is 211 g/mol. The van der Waals surface area contributed by atoms with Crippen LogP contribution in [0.2, 0.25) is 0 Å². The summed E-state index contributed by atoms with van der Waals surface area (Å²) in [5.41, 5.74) is -1.31. The predicted molar refractivity (Wildman–Crippen MR) is 56.2 cm³/mol. The Hall–Kier alpha value is -1.85. The van der Waals surface area contributed by atoms with Crippen molar-refractivity contribution < 1.29 is 4.92 Å². The van der Waals surface area contributed by atoms with Gasteiger partial charge in [0.05, 0.1) is 4.92 Å². The molecule has 0 amide bonds. The molecule has 1 aromatic rings. The normalized spacial score (nSPS) is 11.4. The average Bonchev–Trinajstić information content (AvgIpc) is 2.06. The fourth-order valence-corrected chi connectivity index (χ4v) is 1.32. The Bertz CT molecular complexity index is 457. The highest BCUT2D eigenvalue weighted by Gasteiger charge is 2.28. The molecule has 0 bridgehead atoms. The van der Waals surface area contributed by atoms with E-state index in [0.29, 0.717) is 10.2 Å². The fraction of sp³-hybridized carbons (Fsp3) is 0.444. The smallest absolute Gasteiger partial charge is 0.336 e. The van der Waals surface area contributed by atoms with Gasteiger partial charge in [0, 0.05) is 11.8 Å². The van der Waals surface area contributed by atoms with Crippen molar-refractivity contribution in [2.45, 2.75) is 26.2 Å². The number of nitrogens with two attached hydrogens (primary N) is 1. The predicted octanol–water partition coefficient (Wildman–Crippen LogP) is 0.768. The number of aromatic nitrogens is 1. The summed E-state index contributed by atoms with van der Waals surface area (Å²) >= 11 is 0. The average molecular weight is 211 g/mol. The van der Waals surface area contributed by atoms with Gasteiger partial charge in [-0.25, -0.2) is 4.68 Å². The first-order chi connectivity index (χ1) is 6.75. The number of hydrogen-bond donors (Lipinski definition) is 1. The van der Waals surface area contributed by atoms with E-state index in [2.05, 4.69) is 0 Å². The molecular weight excluding hydrogens is 198 g/mol. The first-order valence-electron chi connectivity index (χ1n) is 4.40. The van der Waals surface area contributed by atoms with Gasteiger partial charge in [0.1, 0.15) is 0 Å². The molecule has 1 aromatic heterocycles. The van der Waals surface area contributed by atoms with E-state index in [1.54, 1.807) is 20.8 Å². The summed E-state index contributed by atoms with van der Waals surface area (Å²) in [6, 6.07) is 1.50. The van der Waals surface area contributed by atoms with Crippen LogP contribution in [0.4, 0.5) is 5.69 Å². The summed E-state index contributed by atoms with van der Waals surface area (Å²) in [7, 11) is 0. The number of nitro groups is 1. The molecule has 0 aliphatic rings. The van der Waals surface area contributed by atoms with Gasteiger partial charge in [-0.2, -0.15) is 0 Å². The Morgan fingerprint density at radius 1 is 1.47 bits per heavy atom. The quantitative estimate of drug-likeness (QED) is 0.422. The van der Waals surface area contributed by atoms with Gasteiger partial charge >= 0.3 is 11.2 Å². The van der Waals surface area contributed by atoms with Gasteiger partial charge in [0.25, 0.3) is 0 Å². The van der Waals surface area contributed by atoms with Crippen molar-refractivity contribution in [3.05, 3.63) is 38.3 Å². The molecule has 0 saturated heterocycles. The van der Waals surface area contributed by atoms with Crippen molar-refractivity contribution in [1.82, 2.24) is 4.68 Å². The third kappa shape index (κ3) is 1.98. The molecule has 0 saturated carbocycles. The third-order valence-corrected chi connectivity index (χ3v) is 2.08. The summed E-state index contributed by atoms with van der Waals surface area (Å²) < 4.78 is 0.716. The molecule has 0 unspecified atom stereocenters. The van der Waals surface area contributed by atoms with Gasteiger partial charge in [0.15, 0.2) is 0 Å². The van der Waals surface area contributed by atoms with Crippen LogP contribution in [0.3, 0.4) is 0 Å². The molecule has 0 aromatic carbocycles. The van der Waals surface area contributed by atoms with Crippen molar-refractivity contribution in [3.8, 4) is 0 Å². The summed E-state index contributed by atoms with van der Waals surface area (Å²) in [4.78, 5) is 21.6. The third-order valence-electron chi connectivity index (χ3n) is 2.08. The number of hydrogen-bond acceptors (Lipinski definition) is 4. The minimum Gasteiger partial charge on any atom is -0.336 e.